The third-order valence-electron chi connectivity index (χ3n) is 6.16. The molecule has 0 saturated heterocycles. The van der Waals surface area contributed by atoms with Gasteiger partial charge in [-0.15, -0.1) is 0 Å². The van der Waals surface area contributed by atoms with Crippen LogP contribution in [0.1, 0.15) is 37.0 Å². The van der Waals surface area contributed by atoms with Crippen LogP contribution in [0.3, 0.4) is 0 Å². The van der Waals surface area contributed by atoms with Crippen molar-refractivity contribution >= 4 is 29.3 Å². The normalized spacial score (nSPS) is 11.8. The first-order valence-electron chi connectivity index (χ1n) is 12.9. The molecule has 0 spiro atoms. The molecular formula is C30H30F3N5O5. The Labute approximate surface area is 245 Å². The van der Waals surface area contributed by atoms with E-state index in [1.165, 1.54) is 0 Å². The number of carbonyl (C=O) groups is 3. The number of aliphatic carboxylic acids is 1. The van der Waals surface area contributed by atoms with Crippen molar-refractivity contribution in [2.75, 3.05) is 11.9 Å². The summed E-state index contributed by atoms with van der Waals surface area (Å²) < 4.78 is 31.7. The Hall–Kier alpha value is -5.38. The molecule has 3 aromatic rings. The second-order valence-corrected chi connectivity index (χ2v) is 8.97. The molecule has 10 nitrogen and oxygen atoms in total. The summed E-state index contributed by atoms with van der Waals surface area (Å²) in [4.78, 5) is 36.5. The number of carboxylic acids is 1. The molecule has 5 N–H and O–H groups in total. The molecule has 0 saturated carbocycles. The molecule has 3 aromatic carbocycles. The third-order valence-corrected chi connectivity index (χ3v) is 6.16. The summed E-state index contributed by atoms with van der Waals surface area (Å²) in [6.07, 6.45) is -4.56. The van der Waals surface area contributed by atoms with Crippen LogP contribution >= 0.6 is 0 Å². The minimum absolute atomic E-state index is 0.0344. The van der Waals surface area contributed by atoms with Gasteiger partial charge in [-0.3, -0.25) is 9.59 Å². The minimum Gasteiger partial charge on any atom is -0.475 e. The number of nitrogens with zero attached hydrogens (tertiary/aromatic N) is 3. The largest absolute Gasteiger partial charge is 0.490 e. The molecule has 0 radical (unpaired) electrons. The van der Waals surface area contributed by atoms with Gasteiger partial charge < -0.3 is 26.3 Å². The zero-order valence-electron chi connectivity index (χ0n) is 23.3. The number of carbonyl (C=O) groups excluding carboxylic acids is 2. The van der Waals surface area contributed by atoms with Gasteiger partial charge in [0.05, 0.1) is 11.6 Å². The Morgan fingerprint density at radius 1 is 1.05 bits per heavy atom. The van der Waals surface area contributed by atoms with Gasteiger partial charge in [0.25, 0.3) is 0 Å². The zero-order chi connectivity index (χ0) is 32.2. The zero-order valence-corrected chi connectivity index (χ0v) is 23.3. The highest BCUT2D eigenvalue weighted by molar-refractivity contribution is 5.98. The summed E-state index contributed by atoms with van der Waals surface area (Å²) in [5.74, 6) is -3.24. The van der Waals surface area contributed by atoms with E-state index in [2.05, 4.69) is 16.5 Å². The standard InChI is InChI=1S/C28H29N5O3.C2HF3O2/c1-3-26(34)33(4-2)25(17-19-8-7-10-21(16-19)27(30)32-36)28(35)31-23-14-12-20(13-15-23)24-11-6-5-9-22(24)18-29;3-2(4,5)1(6)7/h5-16,25,36H,3-4,17H2,1-2H3,(H2,30,32)(H,31,35);(H,6,7). The van der Waals surface area contributed by atoms with Gasteiger partial charge in [0.1, 0.15) is 6.04 Å². The Bertz CT molecular complexity index is 1500. The molecule has 2 amide bonds. The average molecular weight is 598 g/mol. The topological polar surface area (TPSA) is 169 Å². The predicted octanol–water partition coefficient (Wildman–Crippen LogP) is 4.76. The number of rotatable bonds is 9. The molecule has 0 fully saturated rings. The van der Waals surface area contributed by atoms with Crippen molar-refractivity contribution in [2.24, 2.45) is 10.9 Å². The highest BCUT2D eigenvalue weighted by Crippen LogP contribution is 2.25. The van der Waals surface area contributed by atoms with Gasteiger partial charge in [-0.1, -0.05) is 60.6 Å². The van der Waals surface area contributed by atoms with Gasteiger partial charge in [-0.05, 0) is 47.9 Å². The number of halogens is 3. The number of nitrogens with one attached hydrogen (secondary N) is 1. The van der Waals surface area contributed by atoms with Crippen molar-refractivity contribution in [3.8, 4) is 17.2 Å². The quantitative estimate of drug-likeness (QED) is 0.119. The van der Waals surface area contributed by atoms with Crippen LogP contribution < -0.4 is 11.1 Å². The van der Waals surface area contributed by atoms with Crippen molar-refractivity contribution in [3.05, 3.63) is 89.5 Å². The molecule has 0 aliphatic heterocycles. The second kappa shape index (κ2) is 15.6. The molecule has 3 rings (SSSR count). The van der Waals surface area contributed by atoms with Gasteiger partial charge in [0, 0.05) is 30.6 Å². The van der Waals surface area contributed by atoms with E-state index in [4.69, 9.17) is 20.8 Å². The lowest BCUT2D eigenvalue weighted by molar-refractivity contribution is -0.192. The van der Waals surface area contributed by atoms with Crippen molar-refractivity contribution in [3.63, 3.8) is 0 Å². The summed E-state index contributed by atoms with van der Waals surface area (Å²) in [5.41, 5.74) is 9.83. The molecule has 13 heteroatoms. The molecule has 1 atom stereocenters. The van der Waals surface area contributed by atoms with E-state index in [1.807, 2.05) is 43.3 Å². The number of nitrogens with two attached hydrogens (primary N) is 1. The lowest BCUT2D eigenvalue weighted by Gasteiger charge is -2.30. The van der Waals surface area contributed by atoms with Crippen LogP contribution in [-0.2, 0) is 20.8 Å². The summed E-state index contributed by atoms with van der Waals surface area (Å²) >= 11 is 0. The Kier molecular flexibility index (Phi) is 12.3. The Morgan fingerprint density at radius 3 is 2.21 bits per heavy atom. The number of amidine groups is 1. The molecule has 1 unspecified atom stereocenters. The number of amides is 2. The fourth-order valence-electron chi connectivity index (χ4n) is 4.05. The van der Waals surface area contributed by atoms with Crippen LogP contribution in [0.2, 0.25) is 0 Å². The average Bonchev–Trinajstić information content (AvgIpc) is 3.00. The summed E-state index contributed by atoms with van der Waals surface area (Å²) in [6, 6.07) is 23.0. The van der Waals surface area contributed by atoms with Crippen molar-refractivity contribution in [2.45, 2.75) is 38.9 Å². The van der Waals surface area contributed by atoms with Crippen LogP contribution in [-0.4, -0.2) is 57.6 Å². The fraction of sp³-hybridized carbons (Fsp3) is 0.233. The Morgan fingerprint density at radius 2 is 1.67 bits per heavy atom. The van der Waals surface area contributed by atoms with E-state index >= 15 is 0 Å². The Balaban J connectivity index is 0.000000821. The van der Waals surface area contributed by atoms with Gasteiger partial charge in [0.2, 0.25) is 11.8 Å². The fourth-order valence-corrected chi connectivity index (χ4v) is 4.05. The number of benzene rings is 3. The summed E-state index contributed by atoms with van der Waals surface area (Å²) in [5, 5.41) is 31.5. The van der Waals surface area contributed by atoms with Crippen LogP contribution in [0.25, 0.3) is 11.1 Å². The highest BCUT2D eigenvalue weighted by Gasteiger charge is 2.38. The monoisotopic (exact) mass is 597 g/mol. The number of likely N-dealkylation sites (N-methyl/N-ethyl adjacent to an activating group) is 1. The van der Waals surface area contributed by atoms with Gasteiger partial charge in [-0.25, -0.2) is 4.79 Å². The first-order valence-corrected chi connectivity index (χ1v) is 12.9. The SMILES string of the molecule is CCC(=O)N(CC)C(Cc1cccc(/C(N)=N/O)c1)C(=O)Nc1ccc(-c2ccccc2C#N)cc1.O=C(O)C(F)(F)F. The maximum absolute atomic E-state index is 13.4. The third kappa shape index (κ3) is 9.60. The number of hydrogen-bond donors (Lipinski definition) is 4. The molecular weight excluding hydrogens is 567 g/mol. The molecule has 43 heavy (non-hydrogen) atoms. The minimum atomic E-state index is -5.08. The molecule has 0 bridgehead atoms. The van der Waals surface area contributed by atoms with Gasteiger partial charge in [0.15, 0.2) is 5.84 Å². The molecule has 0 heterocycles. The summed E-state index contributed by atoms with van der Waals surface area (Å²) in [7, 11) is 0. The first-order chi connectivity index (χ1) is 20.4. The molecule has 0 aliphatic carbocycles. The van der Waals surface area contributed by atoms with E-state index in [0.29, 0.717) is 23.4 Å². The number of nitriles is 1. The maximum atomic E-state index is 13.4. The van der Waals surface area contributed by atoms with Gasteiger partial charge >= 0.3 is 12.1 Å². The lowest BCUT2D eigenvalue weighted by atomic mass is 9.99. The van der Waals surface area contributed by atoms with E-state index in [-0.39, 0.29) is 30.5 Å². The van der Waals surface area contributed by atoms with Crippen LogP contribution in [0.15, 0.2) is 78.0 Å². The van der Waals surface area contributed by atoms with Crippen molar-refractivity contribution < 1.29 is 37.9 Å². The maximum Gasteiger partial charge on any atom is 0.490 e. The van der Waals surface area contributed by atoms with E-state index < -0.39 is 18.2 Å². The molecule has 0 aromatic heterocycles. The van der Waals surface area contributed by atoms with Gasteiger partial charge in [-0.2, -0.15) is 18.4 Å². The van der Waals surface area contributed by atoms with Crippen molar-refractivity contribution in [1.29, 1.82) is 5.26 Å². The number of alkyl halides is 3. The van der Waals surface area contributed by atoms with Crippen molar-refractivity contribution in [1.82, 2.24) is 4.90 Å². The summed E-state index contributed by atoms with van der Waals surface area (Å²) in [6.45, 7) is 3.97. The number of hydrogen-bond acceptors (Lipinski definition) is 6. The lowest BCUT2D eigenvalue weighted by Crippen LogP contribution is -2.48. The first kappa shape index (κ1) is 33.8. The highest BCUT2D eigenvalue weighted by atomic mass is 19.4. The number of anilines is 1. The van der Waals surface area contributed by atoms with E-state index in [0.717, 1.165) is 16.7 Å². The van der Waals surface area contributed by atoms with Crippen LogP contribution in [0.4, 0.5) is 18.9 Å². The van der Waals surface area contributed by atoms with E-state index in [9.17, 15) is 28.0 Å². The molecule has 226 valence electrons. The second-order valence-electron chi connectivity index (χ2n) is 8.97. The predicted molar refractivity (Wildman–Crippen MR) is 153 cm³/mol. The number of carboxylic acid groups (broad SMARTS) is 1. The smallest absolute Gasteiger partial charge is 0.475 e. The van der Waals surface area contributed by atoms with Crippen LogP contribution in [0.5, 0.6) is 0 Å². The van der Waals surface area contributed by atoms with Crippen LogP contribution in [0, 0.1) is 11.3 Å². The van der Waals surface area contributed by atoms with E-state index in [1.54, 1.807) is 48.2 Å². The number of oxime groups is 1. The molecule has 0 aliphatic rings.